The highest BCUT2D eigenvalue weighted by molar-refractivity contribution is 5.35. The molecule has 222 valence electrons. The van der Waals surface area contributed by atoms with Gasteiger partial charge in [-0.2, -0.15) is 8.78 Å². The summed E-state index contributed by atoms with van der Waals surface area (Å²) in [6, 6.07) is 2.97. The van der Waals surface area contributed by atoms with Gasteiger partial charge in [0.1, 0.15) is 0 Å². The van der Waals surface area contributed by atoms with Crippen LogP contribution in [-0.2, 0) is 0 Å². The Labute approximate surface area is 235 Å². The third-order valence-corrected chi connectivity index (χ3v) is 6.91. The maximum absolute atomic E-state index is 14.4. The zero-order chi connectivity index (χ0) is 29.3. The lowest BCUT2D eigenvalue weighted by Gasteiger charge is -2.27. The molecule has 0 bridgehead atoms. The lowest BCUT2D eigenvalue weighted by atomic mass is 9.82. The van der Waals surface area contributed by atoms with Crippen LogP contribution in [0, 0.1) is 35.3 Å². The number of hydrogen-bond donors (Lipinski definition) is 0. The van der Waals surface area contributed by atoms with Crippen LogP contribution in [0.2, 0.25) is 0 Å². The van der Waals surface area contributed by atoms with E-state index in [0.29, 0.717) is 36.9 Å². The number of halogens is 2. The highest BCUT2D eigenvalue weighted by Crippen LogP contribution is 2.33. The second-order valence-electron chi connectivity index (χ2n) is 9.34. The van der Waals surface area contributed by atoms with Crippen molar-refractivity contribution < 1.29 is 18.3 Å². The summed E-state index contributed by atoms with van der Waals surface area (Å²) in [6.45, 7) is 24.9. The zero-order valence-corrected chi connectivity index (χ0v) is 26.1. The van der Waals surface area contributed by atoms with E-state index in [0.717, 1.165) is 51.4 Å². The molecular formula is C34H60F2O2. The van der Waals surface area contributed by atoms with Crippen LogP contribution in [0.5, 0.6) is 11.5 Å². The molecule has 0 saturated heterocycles. The Kier molecular flexibility index (Phi) is 25.6. The van der Waals surface area contributed by atoms with Gasteiger partial charge in [0.25, 0.3) is 0 Å². The van der Waals surface area contributed by atoms with Crippen molar-refractivity contribution in [2.24, 2.45) is 23.7 Å². The molecule has 38 heavy (non-hydrogen) atoms. The van der Waals surface area contributed by atoms with Gasteiger partial charge < -0.3 is 9.47 Å². The van der Waals surface area contributed by atoms with Gasteiger partial charge in [0, 0.05) is 0 Å². The molecule has 1 aromatic carbocycles. The second kappa shape index (κ2) is 25.4. The van der Waals surface area contributed by atoms with Gasteiger partial charge in [-0.1, -0.05) is 80.4 Å². The number of unbranched alkanes of at least 4 members (excludes halogenated alkanes) is 1. The van der Waals surface area contributed by atoms with Gasteiger partial charge in [-0.3, -0.25) is 0 Å². The molecule has 2 fully saturated rings. The standard InChI is InChI=1S/C24H32F2O2.C4H10.3C2H6/c1-3-17-5-9-19(10-6-17)15-27-21-13-14-22(24(26)23(21)25)28-16-20-11-7-18(4-2)8-12-20;1-3-4-2;3*1-2/h3-4,13-14,17-20H,1-2,5-12,15-16H2;3-4H2,1-2H3;3*1-2H3. The van der Waals surface area contributed by atoms with E-state index in [4.69, 9.17) is 9.47 Å². The van der Waals surface area contributed by atoms with Crippen LogP contribution >= 0.6 is 0 Å². The van der Waals surface area contributed by atoms with E-state index in [1.165, 1.54) is 25.0 Å². The lowest BCUT2D eigenvalue weighted by molar-refractivity contribution is 0.180. The summed E-state index contributed by atoms with van der Waals surface area (Å²) >= 11 is 0. The number of hydrogen-bond acceptors (Lipinski definition) is 2. The summed E-state index contributed by atoms with van der Waals surface area (Å²) < 4.78 is 40.0. The second-order valence-corrected chi connectivity index (χ2v) is 9.34. The Bertz CT molecular complexity index is 629. The van der Waals surface area contributed by atoms with Gasteiger partial charge in [0.05, 0.1) is 13.2 Å². The highest BCUT2D eigenvalue weighted by atomic mass is 19.2. The van der Waals surface area contributed by atoms with E-state index in [1.54, 1.807) is 0 Å². The normalized spacial score (nSPS) is 21.7. The number of rotatable bonds is 9. The number of ether oxygens (including phenoxy) is 2. The minimum Gasteiger partial charge on any atom is -0.490 e. The zero-order valence-electron chi connectivity index (χ0n) is 26.1. The van der Waals surface area contributed by atoms with Crippen LogP contribution < -0.4 is 9.47 Å². The van der Waals surface area contributed by atoms with Crippen LogP contribution in [-0.4, -0.2) is 13.2 Å². The van der Waals surface area contributed by atoms with Gasteiger partial charge in [-0.05, 0) is 87.2 Å². The van der Waals surface area contributed by atoms with Crippen LogP contribution in [0.3, 0.4) is 0 Å². The molecule has 3 rings (SSSR count). The topological polar surface area (TPSA) is 18.5 Å². The summed E-state index contributed by atoms with van der Waals surface area (Å²) in [5.74, 6) is -0.0208. The molecule has 0 N–H and O–H groups in total. The summed E-state index contributed by atoms with van der Waals surface area (Å²) in [5, 5.41) is 0. The molecule has 0 unspecified atom stereocenters. The van der Waals surface area contributed by atoms with Crippen LogP contribution in [0.1, 0.15) is 120 Å². The van der Waals surface area contributed by atoms with E-state index in [1.807, 2.05) is 53.7 Å². The molecule has 0 heterocycles. The van der Waals surface area contributed by atoms with E-state index in [9.17, 15) is 8.78 Å². The molecule has 1 aromatic rings. The fourth-order valence-corrected chi connectivity index (χ4v) is 4.33. The smallest absolute Gasteiger partial charge is 0.204 e. The molecule has 0 amide bonds. The Morgan fingerprint density at radius 2 is 0.921 bits per heavy atom. The number of benzene rings is 1. The molecule has 2 aliphatic carbocycles. The predicted octanol–water partition coefficient (Wildman–Crippen LogP) is 11.6. The average Bonchev–Trinajstić information content (AvgIpc) is 3.01. The van der Waals surface area contributed by atoms with Crippen molar-refractivity contribution in [2.75, 3.05) is 13.2 Å². The molecule has 0 atom stereocenters. The van der Waals surface area contributed by atoms with Crippen molar-refractivity contribution in [3.8, 4) is 11.5 Å². The predicted molar refractivity (Wildman–Crippen MR) is 163 cm³/mol. The fourth-order valence-electron chi connectivity index (χ4n) is 4.33. The molecule has 2 aliphatic rings. The number of allylic oxidation sites excluding steroid dienone is 2. The first-order chi connectivity index (χ1) is 18.5. The first-order valence-corrected chi connectivity index (χ1v) is 15.5. The molecule has 4 heteroatoms. The minimum atomic E-state index is -0.951. The maximum atomic E-state index is 14.4. The summed E-state index contributed by atoms with van der Waals surface area (Å²) in [7, 11) is 0. The average molecular weight is 539 g/mol. The Hall–Kier alpha value is -1.84. The van der Waals surface area contributed by atoms with Crippen LogP contribution in [0.25, 0.3) is 0 Å². The minimum absolute atomic E-state index is 0.0258. The highest BCUT2D eigenvalue weighted by Gasteiger charge is 2.23. The van der Waals surface area contributed by atoms with E-state index in [-0.39, 0.29) is 11.5 Å². The molecule has 0 aromatic heterocycles. The van der Waals surface area contributed by atoms with E-state index in [2.05, 4.69) is 27.0 Å². The van der Waals surface area contributed by atoms with Gasteiger partial charge in [0.15, 0.2) is 11.5 Å². The molecule has 2 saturated carbocycles. The van der Waals surface area contributed by atoms with Crippen molar-refractivity contribution in [1.29, 1.82) is 0 Å². The fraction of sp³-hybridized carbons (Fsp3) is 0.706. The summed E-state index contributed by atoms with van der Waals surface area (Å²) in [5.41, 5.74) is 0. The van der Waals surface area contributed by atoms with Crippen molar-refractivity contribution in [1.82, 2.24) is 0 Å². The van der Waals surface area contributed by atoms with Gasteiger partial charge in [-0.25, -0.2) is 0 Å². The summed E-state index contributed by atoms with van der Waals surface area (Å²) in [4.78, 5) is 0. The summed E-state index contributed by atoms with van der Waals surface area (Å²) in [6.07, 6.45) is 15.2. The third-order valence-electron chi connectivity index (χ3n) is 6.91. The van der Waals surface area contributed by atoms with Crippen LogP contribution in [0.15, 0.2) is 37.4 Å². The third kappa shape index (κ3) is 14.9. The first-order valence-electron chi connectivity index (χ1n) is 15.5. The molecule has 0 radical (unpaired) electrons. The molecular weight excluding hydrogens is 478 g/mol. The van der Waals surface area contributed by atoms with Gasteiger partial charge >= 0.3 is 0 Å². The lowest BCUT2D eigenvalue weighted by Crippen LogP contribution is -2.20. The maximum Gasteiger partial charge on any atom is 0.204 e. The monoisotopic (exact) mass is 538 g/mol. The Morgan fingerprint density at radius 3 is 1.16 bits per heavy atom. The Morgan fingerprint density at radius 1 is 0.632 bits per heavy atom. The van der Waals surface area contributed by atoms with E-state index >= 15 is 0 Å². The van der Waals surface area contributed by atoms with Crippen molar-refractivity contribution in [3.05, 3.63) is 49.1 Å². The molecule has 0 aliphatic heterocycles. The molecule has 2 nitrogen and oxygen atoms in total. The van der Waals surface area contributed by atoms with Crippen molar-refractivity contribution >= 4 is 0 Å². The quantitative estimate of drug-likeness (QED) is 0.291. The molecule has 0 spiro atoms. The Balaban J connectivity index is 0. The van der Waals surface area contributed by atoms with Crippen LogP contribution in [0.4, 0.5) is 8.78 Å². The largest absolute Gasteiger partial charge is 0.490 e. The van der Waals surface area contributed by atoms with E-state index < -0.39 is 11.6 Å². The first kappa shape index (κ1) is 38.3. The SMILES string of the molecule is C=CC1CCC(COc2ccc(OCC3CCC(C=C)CC3)c(F)c2F)CC1.CC.CC.CC.CCCC. The van der Waals surface area contributed by atoms with Crippen molar-refractivity contribution in [3.63, 3.8) is 0 Å². The van der Waals surface area contributed by atoms with Gasteiger partial charge in [0.2, 0.25) is 11.6 Å². The van der Waals surface area contributed by atoms with Crippen molar-refractivity contribution in [2.45, 2.75) is 120 Å². The van der Waals surface area contributed by atoms with Gasteiger partial charge in [-0.15, -0.1) is 13.2 Å².